The van der Waals surface area contributed by atoms with Crippen LogP contribution in [0, 0.1) is 0 Å². The Kier molecular flexibility index (Phi) is 3.24. The first-order valence-electron chi connectivity index (χ1n) is 4.97. The molecule has 0 aromatic carbocycles. The Morgan fingerprint density at radius 3 is 2.56 bits per heavy atom. The van der Waals surface area contributed by atoms with Crippen LogP contribution >= 0.6 is 15.9 Å². The lowest BCUT2D eigenvalue weighted by molar-refractivity contribution is 0.770. The molecule has 82 valence electrons. The van der Waals surface area contributed by atoms with Gasteiger partial charge in [0.2, 0.25) is 0 Å². The lowest BCUT2D eigenvalue weighted by Crippen LogP contribution is -2.00. The van der Waals surface area contributed by atoms with Crippen LogP contribution in [0.25, 0.3) is 11.4 Å². The van der Waals surface area contributed by atoms with Gasteiger partial charge in [-0.2, -0.15) is 0 Å². The third-order valence-electron chi connectivity index (χ3n) is 2.05. The van der Waals surface area contributed by atoms with Crippen molar-refractivity contribution < 1.29 is 0 Å². The number of rotatable bonds is 2. The smallest absolute Gasteiger partial charge is 0.132 e. The summed E-state index contributed by atoms with van der Waals surface area (Å²) in [6, 6.07) is 1.84. The highest BCUT2D eigenvalue weighted by Crippen LogP contribution is 2.20. The largest absolute Gasteiger partial charge is 0.261 e. The van der Waals surface area contributed by atoms with Crippen molar-refractivity contribution >= 4 is 15.9 Å². The van der Waals surface area contributed by atoms with Gasteiger partial charge >= 0.3 is 0 Å². The van der Waals surface area contributed by atoms with E-state index in [0.29, 0.717) is 0 Å². The molecule has 0 atom stereocenters. The molecule has 0 aliphatic heterocycles. The van der Waals surface area contributed by atoms with Gasteiger partial charge in [0.15, 0.2) is 0 Å². The lowest BCUT2D eigenvalue weighted by Gasteiger charge is -2.06. The summed E-state index contributed by atoms with van der Waals surface area (Å²) >= 11 is 3.38. The van der Waals surface area contributed by atoms with Gasteiger partial charge in [-0.1, -0.05) is 13.8 Å². The van der Waals surface area contributed by atoms with Crippen molar-refractivity contribution in [3.8, 4) is 11.4 Å². The molecule has 0 N–H and O–H groups in total. The summed E-state index contributed by atoms with van der Waals surface area (Å²) in [4.78, 5) is 17.0. The molecule has 0 amide bonds. The second kappa shape index (κ2) is 4.65. The molecule has 4 nitrogen and oxygen atoms in total. The summed E-state index contributed by atoms with van der Waals surface area (Å²) in [5.74, 6) is 1.09. The standard InChI is InChI=1S/C11H11BrN4/c1-7(2)11-15-8(5-10(12)16-11)9-6-13-3-4-14-9/h3-7H,1-2H3. The van der Waals surface area contributed by atoms with Crippen LogP contribution in [0.2, 0.25) is 0 Å². The minimum absolute atomic E-state index is 0.285. The van der Waals surface area contributed by atoms with E-state index in [2.05, 4.69) is 49.7 Å². The van der Waals surface area contributed by atoms with Gasteiger partial charge in [-0.3, -0.25) is 9.97 Å². The summed E-state index contributed by atoms with van der Waals surface area (Å²) in [5.41, 5.74) is 1.55. The Bertz CT molecular complexity index is 485. The van der Waals surface area contributed by atoms with E-state index in [1.165, 1.54) is 0 Å². The Hall–Kier alpha value is -1.36. The predicted octanol–water partition coefficient (Wildman–Crippen LogP) is 2.82. The molecule has 2 aromatic rings. The third-order valence-corrected chi connectivity index (χ3v) is 2.46. The van der Waals surface area contributed by atoms with E-state index in [4.69, 9.17) is 0 Å². The lowest BCUT2D eigenvalue weighted by atomic mass is 10.2. The topological polar surface area (TPSA) is 51.6 Å². The fourth-order valence-corrected chi connectivity index (χ4v) is 1.65. The minimum Gasteiger partial charge on any atom is -0.261 e. The number of nitrogens with zero attached hydrogens (tertiary/aromatic N) is 4. The highest BCUT2D eigenvalue weighted by Gasteiger charge is 2.08. The van der Waals surface area contributed by atoms with E-state index in [-0.39, 0.29) is 5.92 Å². The van der Waals surface area contributed by atoms with E-state index >= 15 is 0 Å². The molecular weight excluding hydrogens is 268 g/mol. The maximum absolute atomic E-state index is 4.46. The molecule has 0 unspecified atom stereocenters. The van der Waals surface area contributed by atoms with Crippen molar-refractivity contribution in [1.82, 2.24) is 19.9 Å². The Balaban J connectivity index is 2.50. The Labute approximate surface area is 102 Å². The van der Waals surface area contributed by atoms with Gasteiger partial charge in [-0.05, 0) is 22.0 Å². The molecule has 0 saturated carbocycles. The quantitative estimate of drug-likeness (QED) is 0.793. The second-order valence-electron chi connectivity index (χ2n) is 3.68. The average Bonchev–Trinajstić information content (AvgIpc) is 2.29. The third kappa shape index (κ3) is 2.41. The van der Waals surface area contributed by atoms with Gasteiger partial charge < -0.3 is 0 Å². The van der Waals surface area contributed by atoms with Crippen molar-refractivity contribution in [3.63, 3.8) is 0 Å². The average molecular weight is 279 g/mol. The van der Waals surface area contributed by atoms with Crippen molar-refractivity contribution in [2.75, 3.05) is 0 Å². The normalized spacial score (nSPS) is 10.8. The summed E-state index contributed by atoms with van der Waals surface area (Å²) in [6.45, 7) is 4.12. The number of hydrogen-bond acceptors (Lipinski definition) is 4. The van der Waals surface area contributed by atoms with Crippen LogP contribution in [0.15, 0.2) is 29.3 Å². The first kappa shape index (κ1) is 11.1. The van der Waals surface area contributed by atoms with Gasteiger partial charge in [-0.25, -0.2) is 9.97 Å². The Morgan fingerprint density at radius 1 is 1.12 bits per heavy atom. The molecule has 0 aliphatic carbocycles. The van der Waals surface area contributed by atoms with Crippen LogP contribution < -0.4 is 0 Å². The van der Waals surface area contributed by atoms with Gasteiger partial charge in [-0.15, -0.1) is 0 Å². The highest BCUT2D eigenvalue weighted by molar-refractivity contribution is 9.10. The van der Waals surface area contributed by atoms with Crippen LogP contribution in [-0.4, -0.2) is 19.9 Å². The SMILES string of the molecule is CC(C)c1nc(Br)cc(-c2cnccn2)n1. The molecule has 0 bridgehead atoms. The summed E-state index contributed by atoms with van der Waals surface area (Å²) in [5, 5.41) is 0. The maximum atomic E-state index is 4.46. The van der Waals surface area contributed by atoms with Gasteiger partial charge in [0.05, 0.1) is 11.9 Å². The van der Waals surface area contributed by atoms with E-state index in [9.17, 15) is 0 Å². The van der Waals surface area contributed by atoms with Crippen LogP contribution in [-0.2, 0) is 0 Å². The zero-order chi connectivity index (χ0) is 11.5. The predicted molar refractivity (Wildman–Crippen MR) is 64.8 cm³/mol. The molecule has 5 heteroatoms. The molecule has 0 spiro atoms. The van der Waals surface area contributed by atoms with Gasteiger partial charge in [0.1, 0.15) is 16.1 Å². The highest BCUT2D eigenvalue weighted by atomic mass is 79.9. The second-order valence-corrected chi connectivity index (χ2v) is 4.49. The maximum Gasteiger partial charge on any atom is 0.132 e. The van der Waals surface area contributed by atoms with Crippen molar-refractivity contribution in [2.24, 2.45) is 0 Å². The van der Waals surface area contributed by atoms with Crippen molar-refractivity contribution in [1.29, 1.82) is 0 Å². The van der Waals surface area contributed by atoms with Gasteiger partial charge in [0.25, 0.3) is 0 Å². The van der Waals surface area contributed by atoms with Crippen LogP contribution in [0.3, 0.4) is 0 Å². The summed E-state index contributed by atoms with van der Waals surface area (Å²) in [6.07, 6.45) is 4.99. The zero-order valence-corrected chi connectivity index (χ0v) is 10.6. The molecule has 2 rings (SSSR count). The summed E-state index contributed by atoms with van der Waals surface area (Å²) < 4.78 is 0.770. The first-order chi connectivity index (χ1) is 7.66. The minimum atomic E-state index is 0.285. The van der Waals surface area contributed by atoms with E-state index in [1.807, 2.05) is 6.07 Å². The summed E-state index contributed by atoms with van der Waals surface area (Å²) in [7, 11) is 0. The van der Waals surface area contributed by atoms with Crippen molar-refractivity contribution in [3.05, 3.63) is 35.1 Å². The molecule has 0 fully saturated rings. The monoisotopic (exact) mass is 278 g/mol. The Morgan fingerprint density at radius 2 is 1.94 bits per heavy atom. The number of halogens is 1. The van der Waals surface area contributed by atoms with Crippen molar-refractivity contribution in [2.45, 2.75) is 19.8 Å². The molecule has 2 heterocycles. The molecule has 0 aliphatic rings. The fraction of sp³-hybridized carbons (Fsp3) is 0.273. The van der Waals surface area contributed by atoms with Crippen LogP contribution in [0.1, 0.15) is 25.6 Å². The van der Waals surface area contributed by atoms with Crippen LogP contribution in [0.4, 0.5) is 0 Å². The van der Waals surface area contributed by atoms with E-state index in [0.717, 1.165) is 21.8 Å². The molecular formula is C11H11BrN4. The van der Waals surface area contributed by atoms with E-state index in [1.54, 1.807) is 18.6 Å². The van der Waals surface area contributed by atoms with Gasteiger partial charge in [0, 0.05) is 18.3 Å². The fourth-order valence-electron chi connectivity index (χ4n) is 1.26. The number of aromatic nitrogens is 4. The van der Waals surface area contributed by atoms with E-state index < -0.39 is 0 Å². The molecule has 2 aromatic heterocycles. The molecule has 0 saturated heterocycles. The van der Waals surface area contributed by atoms with Crippen LogP contribution in [0.5, 0.6) is 0 Å². The zero-order valence-electron chi connectivity index (χ0n) is 9.05. The molecule has 0 radical (unpaired) electrons. The first-order valence-corrected chi connectivity index (χ1v) is 5.77. The number of hydrogen-bond donors (Lipinski definition) is 0. The molecule has 16 heavy (non-hydrogen) atoms.